The lowest BCUT2D eigenvalue weighted by Gasteiger charge is -2.13. The molecule has 1 amide bonds. The van der Waals surface area contributed by atoms with Crippen LogP contribution in [0.25, 0.3) is 0 Å². The monoisotopic (exact) mass is 398 g/mol. The molecule has 1 atom stereocenters. The Morgan fingerprint density at radius 1 is 1.24 bits per heavy atom. The normalized spacial score (nSPS) is 11.6. The summed E-state index contributed by atoms with van der Waals surface area (Å²) in [5.41, 5.74) is 0.371. The van der Waals surface area contributed by atoms with Crippen molar-refractivity contribution in [3.63, 3.8) is 0 Å². The van der Waals surface area contributed by atoms with E-state index in [2.05, 4.69) is 10.3 Å². The average molecular weight is 399 g/mol. The summed E-state index contributed by atoms with van der Waals surface area (Å²) in [7, 11) is 0. The number of ether oxygens (including phenoxy) is 1. The van der Waals surface area contributed by atoms with Crippen LogP contribution in [0.1, 0.15) is 13.3 Å². The van der Waals surface area contributed by atoms with Crippen molar-refractivity contribution in [2.24, 2.45) is 0 Å². The largest absolute Gasteiger partial charge is 0.453 e. The van der Waals surface area contributed by atoms with Gasteiger partial charge in [-0.1, -0.05) is 23.2 Å². The maximum absolute atomic E-state index is 12.0. The number of carbonyl (C=O) groups is 2. The number of nitrogens with one attached hydrogen (secondary N) is 1. The summed E-state index contributed by atoms with van der Waals surface area (Å²) in [6.45, 7) is 1.50. The standard InChI is InChI=1S/C17H16Cl2N2O3S/c1-11(17(23)21-14-3-2-9-20-16(14)19)24-15(22)8-10-25-13-6-4-12(18)5-7-13/h2-7,9,11H,8,10H2,1H3,(H,21,23). The molecule has 1 aromatic heterocycles. The number of benzene rings is 1. The average Bonchev–Trinajstić information content (AvgIpc) is 2.58. The molecule has 0 radical (unpaired) electrons. The van der Waals surface area contributed by atoms with Crippen LogP contribution >= 0.6 is 35.0 Å². The zero-order valence-corrected chi connectivity index (χ0v) is 15.7. The van der Waals surface area contributed by atoms with Gasteiger partial charge in [0.2, 0.25) is 0 Å². The van der Waals surface area contributed by atoms with Crippen LogP contribution in [0.2, 0.25) is 10.2 Å². The first-order valence-electron chi connectivity index (χ1n) is 7.45. The Hall–Kier alpha value is -1.76. The number of hydrogen-bond donors (Lipinski definition) is 1. The highest BCUT2D eigenvalue weighted by molar-refractivity contribution is 7.99. The molecule has 1 unspecified atom stereocenters. The van der Waals surface area contributed by atoms with Crippen LogP contribution in [0.4, 0.5) is 5.69 Å². The van der Waals surface area contributed by atoms with Crippen LogP contribution in [0.15, 0.2) is 47.5 Å². The maximum Gasteiger partial charge on any atom is 0.307 e. The van der Waals surface area contributed by atoms with Crippen LogP contribution in [0, 0.1) is 0 Å². The van der Waals surface area contributed by atoms with Crippen LogP contribution in [0.5, 0.6) is 0 Å². The third kappa shape index (κ3) is 6.57. The van der Waals surface area contributed by atoms with Crippen molar-refractivity contribution < 1.29 is 14.3 Å². The van der Waals surface area contributed by atoms with Crippen molar-refractivity contribution >= 4 is 52.5 Å². The van der Waals surface area contributed by atoms with Gasteiger partial charge >= 0.3 is 5.97 Å². The number of carbonyl (C=O) groups excluding carboxylic acids is 2. The van der Waals surface area contributed by atoms with E-state index in [1.165, 1.54) is 24.9 Å². The van der Waals surface area contributed by atoms with Crippen LogP contribution in [-0.2, 0) is 14.3 Å². The zero-order valence-electron chi connectivity index (χ0n) is 13.4. The Kier molecular flexibility index (Phi) is 7.55. The van der Waals surface area contributed by atoms with Gasteiger partial charge in [0, 0.05) is 21.9 Å². The van der Waals surface area contributed by atoms with Crippen LogP contribution < -0.4 is 5.32 Å². The van der Waals surface area contributed by atoms with Crippen molar-refractivity contribution in [3.05, 3.63) is 52.8 Å². The van der Waals surface area contributed by atoms with Gasteiger partial charge < -0.3 is 10.1 Å². The van der Waals surface area contributed by atoms with Crippen molar-refractivity contribution in [1.29, 1.82) is 0 Å². The van der Waals surface area contributed by atoms with E-state index in [-0.39, 0.29) is 11.6 Å². The molecule has 0 fully saturated rings. The van der Waals surface area contributed by atoms with Gasteiger partial charge in [-0.2, -0.15) is 0 Å². The lowest BCUT2D eigenvalue weighted by atomic mass is 10.3. The number of rotatable bonds is 7. The molecule has 2 rings (SSSR count). The molecule has 0 saturated heterocycles. The predicted octanol–water partition coefficient (Wildman–Crippen LogP) is 4.44. The third-order valence-corrected chi connectivity index (χ3v) is 4.65. The number of pyridine rings is 1. The first-order chi connectivity index (χ1) is 12.0. The van der Waals surface area contributed by atoms with Gasteiger partial charge in [0.05, 0.1) is 12.1 Å². The summed E-state index contributed by atoms with van der Waals surface area (Å²) >= 11 is 13.2. The second kappa shape index (κ2) is 9.65. The van der Waals surface area contributed by atoms with Crippen molar-refractivity contribution in [2.45, 2.75) is 24.3 Å². The summed E-state index contributed by atoms with van der Waals surface area (Å²) in [5, 5.41) is 3.41. The van der Waals surface area contributed by atoms with Crippen LogP contribution in [-0.4, -0.2) is 28.7 Å². The Labute approximate surface area is 160 Å². The lowest BCUT2D eigenvalue weighted by Crippen LogP contribution is -2.30. The lowest BCUT2D eigenvalue weighted by molar-refractivity contribution is -0.152. The Balaban J connectivity index is 1.74. The molecule has 0 aliphatic heterocycles. The number of esters is 1. The second-order valence-corrected chi connectivity index (χ2v) is 6.98. The Morgan fingerprint density at radius 2 is 1.96 bits per heavy atom. The molecule has 0 aliphatic rings. The van der Waals surface area contributed by atoms with Crippen molar-refractivity contribution in [3.8, 4) is 0 Å². The second-order valence-electron chi connectivity index (χ2n) is 5.02. The number of thioether (sulfide) groups is 1. The molecule has 1 aromatic carbocycles. The predicted molar refractivity (Wildman–Crippen MR) is 100 cm³/mol. The van der Waals surface area contributed by atoms with Crippen LogP contribution in [0.3, 0.4) is 0 Å². The van der Waals surface area contributed by atoms with E-state index in [4.69, 9.17) is 27.9 Å². The van der Waals surface area contributed by atoms with E-state index in [0.717, 1.165) is 4.90 Å². The fourth-order valence-corrected chi connectivity index (χ4v) is 2.93. The van der Waals surface area contributed by atoms with Gasteiger partial charge in [-0.3, -0.25) is 9.59 Å². The van der Waals surface area contributed by atoms with E-state index in [0.29, 0.717) is 16.5 Å². The SMILES string of the molecule is CC(OC(=O)CCSc1ccc(Cl)cc1)C(=O)Nc1cccnc1Cl. The van der Waals surface area contributed by atoms with E-state index in [1.807, 2.05) is 12.1 Å². The minimum atomic E-state index is -0.927. The molecule has 132 valence electrons. The molecule has 0 spiro atoms. The summed E-state index contributed by atoms with van der Waals surface area (Å²) in [4.78, 5) is 28.7. The number of aromatic nitrogens is 1. The van der Waals surface area contributed by atoms with Gasteiger partial charge in [-0.15, -0.1) is 11.8 Å². The number of nitrogens with zero attached hydrogens (tertiary/aromatic N) is 1. The molecular weight excluding hydrogens is 383 g/mol. The topological polar surface area (TPSA) is 68.3 Å². The molecule has 1 N–H and O–H groups in total. The summed E-state index contributed by atoms with van der Waals surface area (Å²) in [6, 6.07) is 10.6. The minimum absolute atomic E-state index is 0.175. The molecule has 8 heteroatoms. The zero-order chi connectivity index (χ0) is 18.2. The van der Waals surface area contributed by atoms with E-state index < -0.39 is 18.0 Å². The number of anilines is 1. The summed E-state index contributed by atoms with van der Waals surface area (Å²) in [6.07, 6.45) is 0.780. The third-order valence-electron chi connectivity index (χ3n) is 3.08. The molecule has 0 aliphatic carbocycles. The molecule has 5 nitrogen and oxygen atoms in total. The first-order valence-corrected chi connectivity index (χ1v) is 9.19. The number of halogens is 2. The highest BCUT2D eigenvalue weighted by Gasteiger charge is 2.18. The highest BCUT2D eigenvalue weighted by Crippen LogP contribution is 2.21. The number of amides is 1. The smallest absolute Gasteiger partial charge is 0.307 e. The summed E-state index contributed by atoms with van der Waals surface area (Å²) in [5.74, 6) is -0.363. The van der Waals surface area contributed by atoms with E-state index in [1.54, 1.807) is 24.3 Å². The highest BCUT2D eigenvalue weighted by atomic mass is 35.5. The fourth-order valence-electron chi connectivity index (χ4n) is 1.81. The van der Waals surface area contributed by atoms with Gasteiger partial charge in [-0.05, 0) is 43.3 Å². The quantitative estimate of drug-likeness (QED) is 0.424. The van der Waals surface area contributed by atoms with E-state index in [9.17, 15) is 9.59 Å². The first kappa shape index (κ1) is 19.6. The summed E-state index contributed by atoms with van der Waals surface area (Å²) < 4.78 is 5.13. The van der Waals surface area contributed by atoms with Gasteiger partial charge in [0.15, 0.2) is 11.3 Å². The molecule has 0 saturated carbocycles. The van der Waals surface area contributed by atoms with Gasteiger partial charge in [0.25, 0.3) is 5.91 Å². The van der Waals surface area contributed by atoms with Gasteiger partial charge in [-0.25, -0.2) is 4.98 Å². The molecule has 0 bridgehead atoms. The van der Waals surface area contributed by atoms with E-state index >= 15 is 0 Å². The molecule has 25 heavy (non-hydrogen) atoms. The fraction of sp³-hybridized carbons (Fsp3) is 0.235. The molecule has 2 aromatic rings. The Morgan fingerprint density at radius 3 is 2.64 bits per heavy atom. The number of hydrogen-bond acceptors (Lipinski definition) is 5. The van der Waals surface area contributed by atoms with Gasteiger partial charge in [0.1, 0.15) is 0 Å². The van der Waals surface area contributed by atoms with Crippen molar-refractivity contribution in [1.82, 2.24) is 4.98 Å². The van der Waals surface area contributed by atoms with Crippen molar-refractivity contribution in [2.75, 3.05) is 11.1 Å². The Bertz CT molecular complexity index is 741. The maximum atomic E-state index is 12.0. The molecular formula is C17H16Cl2N2O3S. The molecule has 1 heterocycles. The minimum Gasteiger partial charge on any atom is -0.453 e.